The van der Waals surface area contributed by atoms with Crippen LogP contribution in [-0.4, -0.2) is 96.6 Å². The van der Waals surface area contributed by atoms with E-state index in [0.29, 0.717) is 33.4 Å². The topological polar surface area (TPSA) is 355 Å². The van der Waals surface area contributed by atoms with E-state index < -0.39 is 36.3 Å². The molecule has 1 N–H and O–H groups in total. The summed E-state index contributed by atoms with van der Waals surface area (Å²) in [5.74, 6) is -0.506. The summed E-state index contributed by atoms with van der Waals surface area (Å²) in [6.07, 6.45) is 8.90. The van der Waals surface area contributed by atoms with Gasteiger partial charge in [-0.2, -0.15) is 0 Å². The quantitative estimate of drug-likeness (QED) is 0.0486. The molecule has 0 saturated carbocycles. The van der Waals surface area contributed by atoms with E-state index in [1.54, 1.807) is 114 Å². The zero-order valence-electron chi connectivity index (χ0n) is 65.9. The van der Waals surface area contributed by atoms with Gasteiger partial charge in [-0.3, -0.25) is 30.0 Å². The first-order valence-electron chi connectivity index (χ1n) is 37.6. The van der Waals surface area contributed by atoms with Crippen LogP contribution in [0.1, 0.15) is 124 Å². The van der Waals surface area contributed by atoms with Crippen LogP contribution < -0.4 is 66.2 Å². The summed E-state index contributed by atoms with van der Waals surface area (Å²) in [7, 11) is 0. The molecule has 0 saturated heterocycles. The fraction of sp³-hybridized carbons (Fsp3) is 0.188. The molecule has 0 aliphatic heterocycles. The molecule has 119 heavy (non-hydrogen) atoms. The monoisotopic (exact) mass is 1770 g/mol. The van der Waals surface area contributed by atoms with Crippen LogP contribution in [-0.2, 0) is 67.1 Å². The fourth-order valence-electron chi connectivity index (χ4n) is 10.7. The average molecular weight is 1770 g/mol. The van der Waals surface area contributed by atoms with Crippen molar-refractivity contribution in [2.45, 2.75) is 57.0 Å². The van der Waals surface area contributed by atoms with Crippen LogP contribution in [0.2, 0.25) is 0 Å². The van der Waals surface area contributed by atoms with Crippen LogP contribution in [0, 0.1) is 0 Å². The molecule has 0 spiro atoms. The SMILES string of the molecule is CC[NH+](CC)CC.[Co+2].[Co+3].[Co+3].[Co+3].[O-]C[C@@H](N=Cc1ccccc1[O-])c1ccccc1.[O-]C[C@@H](N=Cc1ccccc1[O-])c1ccccc1.[O-]C[C@@H](N=Cc1ccccc1[O-])c1ccccc1.[O-]C[C@@H](N=Cc1ccccc1[O-])c1ccccc1.[O-]C[C@@H](N=Cc1ccccc1[O-])c1ccccc1.[O-]C[C@@H](N=Cc1ccccc1[O-])c1ccccc1. The average Bonchev–Trinajstić information content (AvgIpc) is 0.897. The summed E-state index contributed by atoms with van der Waals surface area (Å²) in [6.45, 7) is 8.50. The number of hydrogen-bond acceptors (Lipinski definition) is 18. The number of nitrogens with zero attached hydrogens (tertiary/aromatic N) is 6. The van der Waals surface area contributed by atoms with Crippen molar-refractivity contribution in [1.29, 1.82) is 0 Å². The van der Waals surface area contributed by atoms with Gasteiger partial charge in [0.1, 0.15) is 0 Å². The Kier molecular flexibility index (Phi) is 54.7. The van der Waals surface area contributed by atoms with Gasteiger partial charge in [-0.05, 0) is 87.5 Å². The van der Waals surface area contributed by atoms with E-state index in [9.17, 15) is 61.3 Å². The van der Waals surface area contributed by atoms with Crippen LogP contribution in [0.4, 0.5) is 0 Å². The molecular formula is C96H94Co4N7O12. The van der Waals surface area contributed by atoms with Gasteiger partial charge in [0.25, 0.3) is 0 Å². The minimum Gasteiger partial charge on any atom is -0.872 e. The molecular weight excluding hydrogens is 1680 g/mol. The zero-order chi connectivity index (χ0) is 82.5. The molecule has 19 nitrogen and oxygen atoms in total. The minimum absolute atomic E-state index is 0. The second-order valence-electron chi connectivity index (χ2n) is 25.3. The van der Waals surface area contributed by atoms with Crippen molar-refractivity contribution in [2.75, 3.05) is 59.3 Å². The van der Waals surface area contributed by atoms with Crippen LogP contribution >= 0.6 is 0 Å². The number of quaternary nitrogens is 1. The molecule has 23 heteroatoms. The van der Waals surface area contributed by atoms with E-state index in [2.05, 4.69) is 50.7 Å². The second kappa shape index (κ2) is 62.4. The smallest absolute Gasteiger partial charge is 0.872 e. The third-order valence-corrected chi connectivity index (χ3v) is 17.4. The van der Waals surface area contributed by atoms with E-state index in [-0.39, 0.29) is 141 Å². The summed E-state index contributed by atoms with van der Waals surface area (Å²) < 4.78 is 0. The molecule has 6 atom stereocenters. The molecule has 1 radical (unpaired) electrons. The van der Waals surface area contributed by atoms with Gasteiger partial charge in [-0.15, -0.1) is 74.1 Å². The number of nitrogens with one attached hydrogen (secondary N) is 1. The Morgan fingerprint density at radius 1 is 0.210 bits per heavy atom. The summed E-state index contributed by atoms with van der Waals surface area (Å²) in [5.41, 5.74) is 8.24. The van der Waals surface area contributed by atoms with Gasteiger partial charge in [-0.25, -0.2) is 0 Å². The van der Waals surface area contributed by atoms with Crippen molar-refractivity contribution in [3.63, 3.8) is 0 Å². The normalized spacial score (nSPS) is 12.2. The van der Waals surface area contributed by atoms with Crippen LogP contribution in [0.25, 0.3) is 0 Å². The molecule has 12 aromatic rings. The molecule has 0 fully saturated rings. The van der Waals surface area contributed by atoms with E-state index in [4.69, 9.17) is 0 Å². The second-order valence-corrected chi connectivity index (χ2v) is 25.3. The molecule has 0 amide bonds. The Hall–Kier alpha value is -10.8. The Morgan fingerprint density at radius 3 is 0.429 bits per heavy atom. The number of aliphatic imine (C=N–C) groups is 6. The summed E-state index contributed by atoms with van der Waals surface area (Å²) >= 11 is 0. The Labute approximate surface area is 740 Å². The van der Waals surface area contributed by atoms with Gasteiger partial charge in [0, 0.05) is 37.3 Å². The maximum absolute atomic E-state index is 11.5. The minimum atomic E-state index is -0.439. The van der Waals surface area contributed by atoms with Crippen molar-refractivity contribution < 1.29 is 133 Å². The summed E-state index contributed by atoms with van der Waals surface area (Å²) in [6, 6.07) is 93.3. The molecule has 12 rings (SSSR count). The molecule has 0 bridgehead atoms. The van der Waals surface area contributed by atoms with Gasteiger partial charge >= 0.3 is 67.1 Å². The van der Waals surface area contributed by atoms with Crippen molar-refractivity contribution >= 4 is 37.3 Å². The Balaban J connectivity index is 0.000000473. The largest absolute Gasteiger partial charge is 3.00 e. The maximum Gasteiger partial charge on any atom is 3.00 e. The summed E-state index contributed by atoms with van der Waals surface area (Å²) in [4.78, 5) is 26.9. The predicted molar refractivity (Wildman–Crippen MR) is 438 cm³/mol. The standard InChI is InChI=1S/6C15H14NO2.C6H15N.4Co/c6*17-11-14(12-6-2-1-3-7-12)16-10-13-8-4-5-9-15(13)18;1-4-7(5-2)6-3;;;;/h6*1-10,14,18H,11H2;4-6H2,1-3H3;;;;/q6*-1;;+2;3*+3/p-5/t6*14-;;;;;/m111111...../s1. The number of rotatable bonds is 27. The maximum atomic E-state index is 11.5. The van der Waals surface area contributed by atoms with E-state index in [0.717, 1.165) is 33.4 Å². The fourth-order valence-corrected chi connectivity index (χ4v) is 10.7. The first-order valence-corrected chi connectivity index (χ1v) is 37.6. The third kappa shape index (κ3) is 38.7. The first kappa shape index (κ1) is 104. The molecule has 0 aromatic heterocycles. The molecule has 0 aliphatic rings. The van der Waals surface area contributed by atoms with Gasteiger partial charge < -0.3 is 66.2 Å². The molecule has 12 aromatic carbocycles. The zero-order valence-corrected chi connectivity index (χ0v) is 70.0. The predicted octanol–water partition coefficient (Wildman–Crippen LogP) is 7.61. The van der Waals surface area contributed by atoms with E-state index in [1.165, 1.54) is 93.3 Å². The van der Waals surface area contributed by atoms with Gasteiger partial charge in [0.2, 0.25) is 0 Å². The molecule has 621 valence electrons. The van der Waals surface area contributed by atoms with Crippen LogP contribution in [0.15, 0.2) is 358 Å². The number of para-hydroxylation sites is 6. The molecule has 0 aliphatic carbocycles. The van der Waals surface area contributed by atoms with E-state index >= 15 is 0 Å². The van der Waals surface area contributed by atoms with Crippen molar-refractivity contribution in [3.05, 3.63) is 394 Å². The first-order chi connectivity index (χ1) is 56.2. The Bertz CT molecular complexity index is 4040. The Morgan fingerprint density at radius 2 is 0.328 bits per heavy atom. The van der Waals surface area contributed by atoms with Gasteiger partial charge in [0.15, 0.2) is 0 Å². The van der Waals surface area contributed by atoms with Gasteiger partial charge in [-0.1, -0.05) is 328 Å². The van der Waals surface area contributed by atoms with Gasteiger partial charge in [0.05, 0.1) is 55.9 Å². The van der Waals surface area contributed by atoms with Crippen molar-refractivity contribution in [3.8, 4) is 34.5 Å². The van der Waals surface area contributed by atoms with E-state index in [1.807, 2.05) is 182 Å². The summed E-state index contributed by atoms with van der Waals surface area (Å²) in [5, 5.41) is 136. The third-order valence-electron chi connectivity index (χ3n) is 17.4. The van der Waals surface area contributed by atoms with Crippen molar-refractivity contribution in [2.24, 2.45) is 30.0 Å². The number of benzene rings is 12. The molecule has 0 heterocycles. The van der Waals surface area contributed by atoms with Crippen LogP contribution in [0.3, 0.4) is 0 Å². The van der Waals surface area contributed by atoms with Crippen LogP contribution in [0.5, 0.6) is 34.5 Å². The molecule has 0 unspecified atom stereocenters. The number of hydrogen-bond donors (Lipinski definition) is 1. The van der Waals surface area contributed by atoms with Crippen molar-refractivity contribution in [1.82, 2.24) is 0 Å².